The van der Waals surface area contributed by atoms with E-state index in [0.29, 0.717) is 0 Å². The van der Waals surface area contributed by atoms with Crippen LogP contribution in [0.5, 0.6) is 0 Å². The summed E-state index contributed by atoms with van der Waals surface area (Å²) >= 11 is 0. The van der Waals surface area contributed by atoms with Crippen molar-refractivity contribution in [3.8, 4) is 6.07 Å². The molecule has 0 fully saturated rings. The maximum Gasteiger partial charge on any atom is 0.161 e. The molecule has 0 unspecified atom stereocenters. The molecule has 1 nitrogen and oxygen atoms in total. The summed E-state index contributed by atoms with van der Waals surface area (Å²) in [5.41, 5.74) is 0. The first kappa shape index (κ1) is 11.4. The smallest absolute Gasteiger partial charge is 0.161 e. The van der Waals surface area contributed by atoms with Crippen LogP contribution in [0.1, 0.15) is 6.92 Å². The van der Waals surface area contributed by atoms with Crippen molar-refractivity contribution in [2.45, 2.75) is 6.92 Å². The maximum atomic E-state index is 12.0. The molecule has 0 bridgehead atoms. The van der Waals surface area contributed by atoms with E-state index >= 15 is 0 Å². The van der Waals surface area contributed by atoms with Gasteiger partial charge in [-0.05, 0) is 0 Å². The average Bonchev–Trinajstić information content (AvgIpc) is 2.03. The van der Waals surface area contributed by atoms with E-state index in [1.807, 2.05) is 0 Å². The van der Waals surface area contributed by atoms with E-state index in [9.17, 15) is 17.6 Å². The number of nitriles is 1. The predicted molar refractivity (Wildman–Crippen MR) is 37.6 cm³/mol. The molecule has 0 saturated heterocycles. The highest BCUT2D eigenvalue weighted by Crippen LogP contribution is 2.11. The quantitative estimate of drug-likeness (QED) is 0.457. The largest absolute Gasteiger partial charge is 0.204 e. The molecule has 1 aromatic rings. The lowest BCUT2D eigenvalue weighted by Crippen LogP contribution is -1.90. The molecule has 0 atom stereocenters. The lowest BCUT2D eigenvalue weighted by Gasteiger charge is -1.92. The first-order valence-electron chi connectivity index (χ1n) is 3.13. The molecular formula is C8H5F4N. The van der Waals surface area contributed by atoms with Gasteiger partial charge in [0.25, 0.3) is 0 Å². The van der Waals surface area contributed by atoms with Gasteiger partial charge in [0.2, 0.25) is 0 Å². The molecule has 1 aromatic carbocycles. The van der Waals surface area contributed by atoms with Crippen LogP contribution in [-0.2, 0) is 0 Å². The second-order valence-corrected chi connectivity index (χ2v) is 1.90. The lowest BCUT2D eigenvalue weighted by molar-refractivity contribution is 0.454. The Hall–Kier alpha value is -1.57. The summed E-state index contributed by atoms with van der Waals surface area (Å²) in [6, 6.07) is 2.06. The summed E-state index contributed by atoms with van der Waals surface area (Å²) in [5.74, 6) is -5.56. The molecule has 13 heavy (non-hydrogen) atoms. The third-order valence-electron chi connectivity index (χ3n) is 0.963. The summed E-state index contributed by atoms with van der Waals surface area (Å²) in [6.45, 7) is 1.43. The van der Waals surface area contributed by atoms with E-state index in [2.05, 4.69) is 0 Å². The van der Waals surface area contributed by atoms with Crippen molar-refractivity contribution < 1.29 is 17.6 Å². The molecule has 0 aliphatic carbocycles. The fraction of sp³-hybridized carbons (Fsp3) is 0.125. The van der Waals surface area contributed by atoms with E-state index < -0.39 is 23.3 Å². The Bertz CT molecular complexity index is 279. The molecule has 0 N–H and O–H groups in total. The summed E-state index contributed by atoms with van der Waals surface area (Å²) in [5, 5.41) is 7.32. The molecule has 0 aromatic heterocycles. The van der Waals surface area contributed by atoms with Crippen molar-refractivity contribution >= 4 is 0 Å². The Labute approximate surface area is 72.2 Å². The van der Waals surface area contributed by atoms with E-state index in [1.54, 1.807) is 6.07 Å². The van der Waals surface area contributed by atoms with Gasteiger partial charge in [0, 0.05) is 19.1 Å². The van der Waals surface area contributed by atoms with Crippen molar-refractivity contribution in [2.24, 2.45) is 0 Å². The van der Waals surface area contributed by atoms with Gasteiger partial charge in [-0.15, -0.1) is 0 Å². The van der Waals surface area contributed by atoms with Gasteiger partial charge in [-0.2, -0.15) is 5.26 Å². The SMILES string of the molecule is CC#N.Fc1cc(F)c(F)cc1F. The van der Waals surface area contributed by atoms with Crippen molar-refractivity contribution in [3.05, 3.63) is 35.4 Å². The topological polar surface area (TPSA) is 23.8 Å². The highest BCUT2D eigenvalue weighted by Gasteiger charge is 2.07. The normalized spacial score (nSPS) is 8.31. The molecule has 0 aliphatic heterocycles. The number of rotatable bonds is 0. The fourth-order valence-corrected chi connectivity index (χ4v) is 0.498. The van der Waals surface area contributed by atoms with Gasteiger partial charge < -0.3 is 0 Å². The Morgan fingerprint density at radius 2 is 1.08 bits per heavy atom. The Morgan fingerprint density at radius 1 is 0.923 bits per heavy atom. The number of nitrogens with zero attached hydrogens (tertiary/aromatic N) is 1. The van der Waals surface area contributed by atoms with Crippen LogP contribution < -0.4 is 0 Å². The molecule has 1 rings (SSSR count). The van der Waals surface area contributed by atoms with Crippen LogP contribution in [0.15, 0.2) is 12.1 Å². The average molecular weight is 191 g/mol. The van der Waals surface area contributed by atoms with Crippen molar-refractivity contribution in [3.63, 3.8) is 0 Å². The third kappa shape index (κ3) is 3.56. The van der Waals surface area contributed by atoms with Crippen LogP contribution in [0.3, 0.4) is 0 Å². The first-order valence-corrected chi connectivity index (χ1v) is 3.13. The van der Waals surface area contributed by atoms with Crippen LogP contribution in [0.4, 0.5) is 17.6 Å². The van der Waals surface area contributed by atoms with E-state index in [1.165, 1.54) is 6.92 Å². The van der Waals surface area contributed by atoms with E-state index in [0.717, 1.165) is 0 Å². The number of hydrogen-bond acceptors (Lipinski definition) is 1. The third-order valence-corrected chi connectivity index (χ3v) is 0.963. The van der Waals surface area contributed by atoms with Gasteiger partial charge in [-0.3, -0.25) is 0 Å². The minimum absolute atomic E-state index is 0.157. The van der Waals surface area contributed by atoms with Crippen molar-refractivity contribution in [1.29, 1.82) is 5.26 Å². The Kier molecular flexibility index (Phi) is 4.52. The summed E-state index contributed by atoms with van der Waals surface area (Å²) in [4.78, 5) is 0. The minimum Gasteiger partial charge on any atom is -0.204 e. The summed E-state index contributed by atoms with van der Waals surface area (Å²) < 4.78 is 47.9. The number of halogens is 4. The van der Waals surface area contributed by atoms with Crippen LogP contribution in [0, 0.1) is 34.6 Å². The molecule has 0 spiro atoms. The minimum atomic E-state index is -1.39. The molecule has 70 valence electrons. The highest BCUT2D eigenvalue weighted by molar-refractivity contribution is 5.10. The van der Waals surface area contributed by atoms with Gasteiger partial charge in [0.05, 0.1) is 6.07 Å². The number of benzene rings is 1. The summed E-state index contributed by atoms with van der Waals surface area (Å²) in [7, 11) is 0. The predicted octanol–water partition coefficient (Wildman–Crippen LogP) is 2.77. The molecule has 5 heteroatoms. The molecule has 0 saturated carbocycles. The fourth-order valence-electron chi connectivity index (χ4n) is 0.498. The van der Waals surface area contributed by atoms with Crippen LogP contribution in [0.2, 0.25) is 0 Å². The van der Waals surface area contributed by atoms with Gasteiger partial charge in [0.1, 0.15) is 0 Å². The molecule has 0 aliphatic rings. The van der Waals surface area contributed by atoms with Crippen LogP contribution in [0.25, 0.3) is 0 Å². The second kappa shape index (κ2) is 5.14. The summed E-state index contributed by atoms with van der Waals surface area (Å²) in [6.07, 6.45) is 0. The van der Waals surface area contributed by atoms with Gasteiger partial charge in [-0.1, -0.05) is 0 Å². The van der Waals surface area contributed by atoms with Gasteiger partial charge >= 0.3 is 0 Å². The molecule has 0 heterocycles. The highest BCUT2D eigenvalue weighted by atomic mass is 19.2. The van der Waals surface area contributed by atoms with Crippen LogP contribution in [-0.4, -0.2) is 0 Å². The Balaban J connectivity index is 0.000000424. The van der Waals surface area contributed by atoms with Gasteiger partial charge in [-0.25, -0.2) is 17.6 Å². The zero-order chi connectivity index (χ0) is 10.4. The maximum absolute atomic E-state index is 12.0. The molecular weight excluding hydrogens is 186 g/mol. The number of hydrogen-bond donors (Lipinski definition) is 0. The standard InChI is InChI=1S/C6H2F4.C2H3N/c7-3-1-4(8)6(10)2-5(3)9;1-2-3/h1-2H;1H3. The zero-order valence-electron chi connectivity index (χ0n) is 6.61. The molecule has 0 amide bonds. The first-order chi connectivity index (χ1) is 6.02. The zero-order valence-corrected chi connectivity index (χ0v) is 6.61. The van der Waals surface area contributed by atoms with Crippen molar-refractivity contribution in [1.82, 2.24) is 0 Å². The molecule has 0 radical (unpaired) electrons. The Morgan fingerprint density at radius 3 is 1.23 bits per heavy atom. The van der Waals surface area contributed by atoms with Crippen LogP contribution >= 0.6 is 0 Å². The van der Waals surface area contributed by atoms with E-state index in [4.69, 9.17) is 5.26 Å². The van der Waals surface area contributed by atoms with Gasteiger partial charge in [0.15, 0.2) is 23.3 Å². The monoisotopic (exact) mass is 191 g/mol. The second-order valence-electron chi connectivity index (χ2n) is 1.90. The lowest BCUT2D eigenvalue weighted by atomic mass is 10.3. The van der Waals surface area contributed by atoms with Crippen molar-refractivity contribution in [2.75, 3.05) is 0 Å². The van der Waals surface area contributed by atoms with E-state index in [-0.39, 0.29) is 12.1 Å².